The van der Waals surface area contributed by atoms with Crippen molar-refractivity contribution in [2.75, 3.05) is 13.1 Å². The fourth-order valence-corrected chi connectivity index (χ4v) is 4.48. The van der Waals surface area contributed by atoms with Crippen LogP contribution in [0.25, 0.3) is 10.1 Å². The average Bonchev–Trinajstić information content (AvgIpc) is 3.28. The van der Waals surface area contributed by atoms with Crippen molar-refractivity contribution in [2.24, 2.45) is 0 Å². The Labute approximate surface area is 154 Å². The number of carbonyl (C=O) groups excluding carboxylic acids is 1. The minimum atomic E-state index is -0.969. The summed E-state index contributed by atoms with van der Waals surface area (Å²) in [6.07, 6.45) is 4.49. The van der Waals surface area contributed by atoms with Crippen LogP contribution in [0.4, 0.5) is 0 Å². The molecule has 1 N–H and O–H groups in total. The zero-order valence-electron chi connectivity index (χ0n) is 14.4. The molecule has 26 heavy (non-hydrogen) atoms. The third-order valence-electron chi connectivity index (χ3n) is 4.94. The molecule has 1 aliphatic heterocycles. The molecule has 134 valence electrons. The topological polar surface area (TPSA) is 75.4 Å². The van der Waals surface area contributed by atoms with Crippen LogP contribution < -0.4 is 0 Å². The Hall–Kier alpha value is -2.67. The van der Waals surface area contributed by atoms with Gasteiger partial charge in [-0.1, -0.05) is 12.1 Å². The molecule has 0 atom stereocenters. The van der Waals surface area contributed by atoms with Crippen molar-refractivity contribution in [3.8, 4) is 0 Å². The molecule has 0 aliphatic carbocycles. The van der Waals surface area contributed by atoms with Gasteiger partial charge < -0.3 is 10.0 Å². The molecule has 1 saturated heterocycles. The summed E-state index contributed by atoms with van der Waals surface area (Å²) in [5, 5.41) is 16.1. The number of carboxylic acid groups (broad SMARTS) is 1. The Morgan fingerprint density at radius 2 is 2.04 bits per heavy atom. The number of benzene rings is 1. The van der Waals surface area contributed by atoms with Crippen LogP contribution in [-0.4, -0.2) is 44.8 Å². The van der Waals surface area contributed by atoms with Crippen molar-refractivity contribution in [3.63, 3.8) is 0 Å². The predicted molar refractivity (Wildman–Crippen MR) is 99.9 cm³/mol. The van der Waals surface area contributed by atoms with Gasteiger partial charge in [-0.05, 0) is 31.4 Å². The van der Waals surface area contributed by atoms with E-state index < -0.39 is 5.97 Å². The average molecular weight is 369 g/mol. The second-order valence-corrected chi connectivity index (χ2v) is 7.60. The number of amides is 1. The van der Waals surface area contributed by atoms with Gasteiger partial charge in [0.05, 0.1) is 23.4 Å². The van der Waals surface area contributed by atoms with Crippen LogP contribution in [0, 0.1) is 6.92 Å². The highest BCUT2D eigenvalue weighted by atomic mass is 32.1. The monoisotopic (exact) mass is 369 g/mol. The number of nitrogens with zero attached hydrogens (tertiary/aromatic N) is 3. The molecule has 0 spiro atoms. The summed E-state index contributed by atoms with van der Waals surface area (Å²) in [5.74, 6) is -0.895. The van der Waals surface area contributed by atoms with Gasteiger partial charge in [0.25, 0.3) is 5.91 Å². The Bertz CT molecular complexity index is 983. The van der Waals surface area contributed by atoms with Crippen LogP contribution in [0.15, 0.2) is 36.0 Å². The Morgan fingerprint density at radius 3 is 2.73 bits per heavy atom. The van der Waals surface area contributed by atoms with Gasteiger partial charge in [0.1, 0.15) is 0 Å². The number of piperidine rings is 1. The first-order valence-electron chi connectivity index (χ1n) is 8.57. The van der Waals surface area contributed by atoms with E-state index in [1.54, 1.807) is 22.2 Å². The van der Waals surface area contributed by atoms with E-state index in [1.807, 2.05) is 22.4 Å². The normalized spacial score (nSPS) is 15.5. The molecule has 0 radical (unpaired) electrons. The predicted octanol–water partition coefficient (Wildman–Crippen LogP) is 3.58. The van der Waals surface area contributed by atoms with E-state index in [0.29, 0.717) is 13.1 Å². The van der Waals surface area contributed by atoms with E-state index in [-0.39, 0.29) is 17.5 Å². The van der Waals surface area contributed by atoms with Crippen LogP contribution in [0.1, 0.15) is 45.2 Å². The quantitative estimate of drug-likeness (QED) is 0.766. The largest absolute Gasteiger partial charge is 0.478 e. The minimum Gasteiger partial charge on any atom is -0.478 e. The SMILES string of the molecule is Cc1ccc2c(C(=O)N3CCC(n4cc(C(=O)O)cn4)CC3)csc2c1. The second-order valence-electron chi connectivity index (χ2n) is 6.69. The van der Waals surface area contributed by atoms with Crippen LogP contribution in [0.3, 0.4) is 0 Å². The Balaban J connectivity index is 1.46. The molecule has 1 aromatic carbocycles. The molecular formula is C19H19N3O3S. The first kappa shape index (κ1) is 16.8. The maximum absolute atomic E-state index is 12.9. The Morgan fingerprint density at radius 1 is 1.27 bits per heavy atom. The lowest BCUT2D eigenvalue weighted by molar-refractivity contribution is 0.0690. The smallest absolute Gasteiger partial charge is 0.338 e. The summed E-state index contributed by atoms with van der Waals surface area (Å²) in [4.78, 5) is 25.8. The van der Waals surface area contributed by atoms with E-state index >= 15 is 0 Å². The summed E-state index contributed by atoms with van der Waals surface area (Å²) in [6, 6.07) is 6.31. The van der Waals surface area contributed by atoms with Crippen molar-refractivity contribution in [1.29, 1.82) is 0 Å². The number of aromatic nitrogens is 2. The van der Waals surface area contributed by atoms with Gasteiger partial charge in [-0.25, -0.2) is 4.79 Å². The first-order valence-corrected chi connectivity index (χ1v) is 9.45. The molecule has 2 aromatic heterocycles. The molecule has 0 bridgehead atoms. The van der Waals surface area contributed by atoms with Gasteiger partial charge in [-0.15, -0.1) is 11.3 Å². The highest BCUT2D eigenvalue weighted by molar-refractivity contribution is 7.17. The number of fused-ring (bicyclic) bond motifs is 1. The first-order chi connectivity index (χ1) is 12.5. The lowest BCUT2D eigenvalue weighted by atomic mass is 10.0. The van der Waals surface area contributed by atoms with Crippen LogP contribution in [0.5, 0.6) is 0 Å². The molecule has 6 nitrogen and oxygen atoms in total. The highest BCUT2D eigenvalue weighted by Gasteiger charge is 2.26. The number of carbonyl (C=O) groups is 2. The Kier molecular flexibility index (Phi) is 4.24. The van der Waals surface area contributed by atoms with Crippen molar-refractivity contribution in [1.82, 2.24) is 14.7 Å². The minimum absolute atomic E-state index is 0.0743. The maximum Gasteiger partial charge on any atom is 0.338 e. The number of hydrogen-bond acceptors (Lipinski definition) is 4. The zero-order valence-corrected chi connectivity index (χ0v) is 15.2. The molecule has 1 aliphatic rings. The number of carboxylic acids is 1. The van der Waals surface area contributed by atoms with Gasteiger partial charge in [0.2, 0.25) is 0 Å². The summed E-state index contributed by atoms with van der Waals surface area (Å²) in [6.45, 7) is 3.35. The standard InChI is InChI=1S/C19H19N3O3S/c1-12-2-3-15-16(11-26-17(15)8-12)18(23)21-6-4-14(5-7-21)22-10-13(9-20-22)19(24)25/h2-3,8-11,14H,4-7H2,1H3,(H,24,25). The highest BCUT2D eigenvalue weighted by Crippen LogP contribution is 2.30. The van der Waals surface area contributed by atoms with Crippen molar-refractivity contribution < 1.29 is 14.7 Å². The lowest BCUT2D eigenvalue weighted by Gasteiger charge is -2.32. The van der Waals surface area contributed by atoms with Crippen LogP contribution in [-0.2, 0) is 0 Å². The fourth-order valence-electron chi connectivity index (χ4n) is 3.45. The zero-order chi connectivity index (χ0) is 18.3. The summed E-state index contributed by atoms with van der Waals surface area (Å²) in [5.41, 5.74) is 2.17. The second kappa shape index (κ2) is 6.57. The maximum atomic E-state index is 12.9. The van der Waals surface area contributed by atoms with Gasteiger partial charge >= 0.3 is 5.97 Å². The molecule has 7 heteroatoms. The molecule has 0 saturated carbocycles. The van der Waals surface area contributed by atoms with Crippen molar-refractivity contribution in [2.45, 2.75) is 25.8 Å². The third-order valence-corrected chi connectivity index (χ3v) is 5.88. The summed E-state index contributed by atoms with van der Waals surface area (Å²) < 4.78 is 2.86. The van der Waals surface area contributed by atoms with E-state index in [0.717, 1.165) is 28.5 Å². The van der Waals surface area contributed by atoms with Crippen LogP contribution >= 0.6 is 11.3 Å². The number of hydrogen-bond donors (Lipinski definition) is 1. The van der Waals surface area contributed by atoms with Gasteiger partial charge in [-0.2, -0.15) is 5.10 Å². The molecule has 0 unspecified atom stereocenters. The fraction of sp³-hybridized carbons (Fsp3) is 0.316. The third kappa shape index (κ3) is 2.99. The van der Waals surface area contributed by atoms with Crippen molar-refractivity contribution >= 4 is 33.3 Å². The molecule has 3 aromatic rings. The van der Waals surface area contributed by atoms with Crippen LogP contribution in [0.2, 0.25) is 0 Å². The van der Waals surface area contributed by atoms with E-state index in [2.05, 4.69) is 18.1 Å². The molecule has 1 amide bonds. The lowest BCUT2D eigenvalue weighted by Crippen LogP contribution is -2.39. The number of aryl methyl sites for hydroxylation is 1. The van der Waals surface area contributed by atoms with E-state index in [9.17, 15) is 9.59 Å². The van der Waals surface area contributed by atoms with Gasteiger partial charge in [-0.3, -0.25) is 9.48 Å². The summed E-state index contributed by atoms with van der Waals surface area (Å²) in [7, 11) is 0. The molecule has 4 rings (SSSR count). The number of likely N-dealkylation sites (tertiary alicyclic amines) is 1. The van der Waals surface area contributed by atoms with E-state index in [4.69, 9.17) is 5.11 Å². The molecular weight excluding hydrogens is 350 g/mol. The van der Waals surface area contributed by atoms with E-state index in [1.165, 1.54) is 11.8 Å². The number of rotatable bonds is 3. The number of aromatic carboxylic acids is 1. The van der Waals surface area contributed by atoms with Gasteiger partial charge in [0, 0.05) is 34.8 Å². The van der Waals surface area contributed by atoms with Crippen molar-refractivity contribution in [3.05, 3.63) is 52.7 Å². The summed E-state index contributed by atoms with van der Waals surface area (Å²) >= 11 is 1.61. The van der Waals surface area contributed by atoms with Gasteiger partial charge in [0.15, 0.2) is 0 Å². The molecule has 3 heterocycles. The molecule has 1 fully saturated rings. The number of thiophene rings is 1.